The highest BCUT2D eigenvalue weighted by molar-refractivity contribution is 5.58. The predicted octanol–water partition coefficient (Wildman–Crippen LogP) is 4.37. The lowest BCUT2D eigenvalue weighted by Gasteiger charge is -2.03. The molecule has 15 heavy (non-hydrogen) atoms. The van der Waals surface area contributed by atoms with E-state index in [1.54, 1.807) is 0 Å². The maximum Gasteiger partial charge on any atom is 0.130 e. The van der Waals surface area contributed by atoms with Gasteiger partial charge in [-0.3, -0.25) is 0 Å². The van der Waals surface area contributed by atoms with E-state index >= 15 is 0 Å². The summed E-state index contributed by atoms with van der Waals surface area (Å²) >= 11 is 0. The molecule has 0 aliphatic heterocycles. The summed E-state index contributed by atoms with van der Waals surface area (Å²) in [4.78, 5) is 0. The number of aryl methyl sites for hydroxylation is 1. The van der Waals surface area contributed by atoms with E-state index in [9.17, 15) is 4.39 Å². The SMILES string of the molecule is C=C(C)/C(C)=C/c1cc(CC)ccc1F. The summed E-state index contributed by atoms with van der Waals surface area (Å²) in [6.45, 7) is 9.76. The van der Waals surface area contributed by atoms with Crippen molar-refractivity contribution >= 4 is 6.08 Å². The quantitative estimate of drug-likeness (QED) is 0.641. The Bertz CT molecular complexity index is 400. The normalized spacial score (nSPS) is 11.6. The summed E-state index contributed by atoms with van der Waals surface area (Å²) in [6, 6.07) is 5.24. The molecule has 0 heterocycles. The lowest BCUT2D eigenvalue weighted by molar-refractivity contribution is 0.624. The molecule has 0 aliphatic rings. The fourth-order valence-corrected chi connectivity index (χ4v) is 1.28. The van der Waals surface area contributed by atoms with E-state index in [2.05, 4.69) is 13.5 Å². The molecule has 80 valence electrons. The fourth-order valence-electron chi connectivity index (χ4n) is 1.28. The van der Waals surface area contributed by atoms with E-state index in [-0.39, 0.29) is 5.82 Å². The Labute approximate surface area is 91.1 Å². The second-order valence-corrected chi connectivity index (χ2v) is 3.82. The van der Waals surface area contributed by atoms with Crippen LogP contribution in [0, 0.1) is 5.82 Å². The summed E-state index contributed by atoms with van der Waals surface area (Å²) < 4.78 is 13.5. The lowest BCUT2D eigenvalue weighted by Crippen LogP contribution is -1.88. The largest absolute Gasteiger partial charge is 0.206 e. The molecule has 0 amide bonds. The van der Waals surface area contributed by atoms with Crippen LogP contribution >= 0.6 is 0 Å². The molecule has 0 radical (unpaired) electrons. The third-order valence-electron chi connectivity index (χ3n) is 2.51. The lowest BCUT2D eigenvalue weighted by atomic mass is 10.0. The van der Waals surface area contributed by atoms with Gasteiger partial charge in [0.25, 0.3) is 0 Å². The molecule has 1 aromatic carbocycles. The van der Waals surface area contributed by atoms with Crippen LogP contribution in [0.2, 0.25) is 0 Å². The number of benzene rings is 1. The molecule has 0 atom stereocenters. The van der Waals surface area contributed by atoms with Crippen molar-refractivity contribution in [2.75, 3.05) is 0 Å². The van der Waals surface area contributed by atoms with Crippen LogP contribution in [0.1, 0.15) is 31.9 Å². The van der Waals surface area contributed by atoms with Crippen LogP contribution in [0.5, 0.6) is 0 Å². The Morgan fingerprint density at radius 2 is 2.07 bits per heavy atom. The van der Waals surface area contributed by atoms with Gasteiger partial charge in [-0.05, 0) is 49.6 Å². The fraction of sp³-hybridized carbons (Fsp3) is 0.286. The van der Waals surface area contributed by atoms with E-state index in [1.807, 2.05) is 32.1 Å². The molecule has 1 rings (SSSR count). The average Bonchev–Trinajstić information content (AvgIpc) is 2.21. The van der Waals surface area contributed by atoms with Crippen molar-refractivity contribution in [1.29, 1.82) is 0 Å². The van der Waals surface area contributed by atoms with Gasteiger partial charge in [0.2, 0.25) is 0 Å². The first-order valence-electron chi connectivity index (χ1n) is 5.17. The van der Waals surface area contributed by atoms with Gasteiger partial charge in [-0.1, -0.05) is 25.1 Å². The summed E-state index contributed by atoms with van der Waals surface area (Å²) in [5.41, 5.74) is 3.78. The molecule has 0 saturated heterocycles. The van der Waals surface area contributed by atoms with Crippen molar-refractivity contribution in [2.45, 2.75) is 27.2 Å². The van der Waals surface area contributed by atoms with Crippen LogP contribution in [0.15, 0.2) is 35.9 Å². The Kier molecular flexibility index (Phi) is 3.84. The van der Waals surface area contributed by atoms with Gasteiger partial charge >= 0.3 is 0 Å². The highest BCUT2D eigenvalue weighted by atomic mass is 19.1. The van der Waals surface area contributed by atoms with E-state index in [0.29, 0.717) is 5.56 Å². The molecule has 0 bridgehead atoms. The molecule has 0 unspecified atom stereocenters. The zero-order chi connectivity index (χ0) is 11.4. The maximum atomic E-state index is 13.5. The van der Waals surface area contributed by atoms with Gasteiger partial charge in [0.1, 0.15) is 5.82 Å². The van der Waals surface area contributed by atoms with E-state index in [1.165, 1.54) is 6.07 Å². The molecule has 0 N–H and O–H groups in total. The Morgan fingerprint density at radius 1 is 1.40 bits per heavy atom. The Hall–Kier alpha value is -1.37. The van der Waals surface area contributed by atoms with Gasteiger partial charge in [-0.2, -0.15) is 0 Å². The molecule has 0 nitrogen and oxygen atoms in total. The monoisotopic (exact) mass is 204 g/mol. The predicted molar refractivity (Wildman–Crippen MR) is 64.2 cm³/mol. The highest BCUT2D eigenvalue weighted by Crippen LogP contribution is 2.17. The van der Waals surface area contributed by atoms with E-state index in [0.717, 1.165) is 23.1 Å². The van der Waals surface area contributed by atoms with Crippen LogP contribution in [0.25, 0.3) is 6.08 Å². The van der Waals surface area contributed by atoms with Crippen LogP contribution in [-0.4, -0.2) is 0 Å². The van der Waals surface area contributed by atoms with Gasteiger partial charge in [0.15, 0.2) is 0 Å². The van der Waals surface area contributed by atoms with Crippen LogP contribution in [0.4, 0.5) is 4.39 Å². The summed E-state index contributed by atoms with van der Waals surface area (Å²) in [7, 11) is 0. The second-order valence-electron chi connectivity index (χ2n) is 3.82. The van der Waals surface area contributed by atoms with Crippen molar-refractivity contribution < 1.29 is 4.39 Å². The first-order chi connectivity index (χ1) is 7.04. The van der Waals surface area contributed by atoms with Crippen LogP contribution in [-0.2, 0) is 6.42 Å². The third-order valence-corrected chi connectivity index (χ3v) is 2.51. The summed E-state index contributed by atoms with van der Waals surface area (Å²) in [6.07, 6.45) is 2.77. The number of hydrogen-bond donors (Lipinski definition) is 0. The summed E-state index contributed by atoms with van der Waals surface area (Å²) in [5.74, 6) is -0.173. The van der Waals surface area contributed by atoms with Gasteiger partial charge in [0, 0.05) is 5.56 Å². The molecule has 0 fully saturated rings. The molecular formula is C14H17F. The Morgan fingerprint density at radius 3 is 2.60 bits per heavy atom. The van der Waals surface area contributed by atoms with E-state index in [4.69, 9.17) is 0 Å². The van der Waals surface area contributed by atoms with Crippen molar-refractivity contribution in [3.63, 3.8) is 0 Å². The molecule has 0 saturated carbocycles. The summed E-state index contributed by atoms with van der Waals surface area (Å²) in [5, 5.41) is 0. The number of halogens is 1. The average molecular weight is 204 g/mol. The first kappa shape index (κ1) is 11.7. The molecular weight excluding hydrogens is 187 g/mol. The topological polar surface area (TPSA) is 0 Å². The van der Waals surface area contributed by atoms with Gasteiger partial charge in [-0.15, -0.1) is 0 Å². The Balaban J connectivity index is 3.13. The standard InChI is InChI=1S/C14H17F/c1-5-12-6-7-14(15)13(9-12)8-11(4)10(2)3/h6-9H,2,5H2,1,3-4H3/b11-8+. The van der Waals surface area contributed by atoms with E-state index < -0.39 is 0 Å². The smallest absolute Gasteiger partial charge is 0.130 e. The minimum absolute atomic E-state index is 0.173. The molecule has 0 spiro atoms. The van der Waals surface area contributed by atoms with Crippen LogP contribution in [0.3, 0.4) is 0 Å². The zero-order valence-corrected chi connectivity index (χ0v) is 9.60. The molecule has 1 aromatic rings. The zero-order valence-electron chi connectivity index (χ0n) is 9.60. The van der Waals surface area contributed by atoms with Crippen molar-refractivity contribution in [3.8, 4) is 0 Å². The van der Waals surface area contributed by atoms with Crippen LogP contribution < -0.4 is 0 Å². The van der Waals surface area contributed by atoms with Crippen molar-refractivity contribution in [2.24, 2.45) is 0 Å². The first-order valence-corrected chi connectivity index (χ1v) is 5.17. The van der Waals surface area contributed by atoms with Gasteiger partial charge in [0.05, 0.1) is 0 Å². The van der Waals surface area contributed by atoms with Crippen molar-refractivity contribution in [1.82, 2.24) is 0 Å². The molecule has 0 aromatic heterocycles. The molecule has 1 heteroatoms. The maximum absolute atomic E-state index is 13.5. The van der Waals surface area contributed by atoms with Crippen molar-refractivity contribution in [3.05, 3.63) is 52.9 Å². The number of hydrogen-bond acceptors (Lipinski definition) is 0. The highest BCUT2D eigenvalue weighted by Gasteiger charge is 2.01. The number of allylic oxidation sites excluding steroid dienone is 2. The van der Waals surface area contributed by atoms with Gasteiger partial charge in [-0.25, -0.2) is 4.39 Å². The number of rotatable bonds is 3. The van der Waals surface area contributed by atoms with Gasteiger partial charge < -0.3 is 0 Å². The second kappa shape index (κ2) is 4.92. The molecule has 0 aliphatic carbocycles. The third kappa shape index (κ3) is 3.05. The minimum Gasteiger partial charge on any atom is -0.206 e. The minimum atomic E-state index is -0.173.